The number of nitro groups is 1. The monoisotopic (exact) mass is 278 g/mol. The highest BCUT2D eigenvalue weighted by Crippen LogP contribution is 2.26. The van der Waals surface area contributed by atoms with Crippen molar-refractivity contribution in [3.63, 3.8) is 0 Å². The van der Waals surface area contributed by atoms with Crippen LogP contribution in [-0.2, 0) is 11.3 Å². The number of nitrogens with one attached hydrogen (secondary N) is 1. The lowest BCUT2D eigenvalue weighted by Gasteiger charge is -2.14. The molecule has 0 unspecified atom stereocenters. The molecule has 0 aromatic heterocycles. The summed E-state index contributed by atoms with van der Waals surface area (Å²) in [5.41, 5.74) is 0.948. The quantitative estimate of drug-likeness (QED) is 0.504. The highest BCUT2D eigenvalue weighted by molar-refractivity contribution is 6.01. The van der Waals surface area contributed by atoms with Crippen LogP contribution in [0.2, 0.25) is 0 Å². The second-order valence-electron chi connectivity index (χ2n) is 4.48. The molecule has 0 atom stereocenters. The van der Waals surface area contributed by atoms with Crippen LogP contribution < -0.4 is 5.32 Å². The summed E-state index contributed by atoms with van der Waals surface area (Å²) in [6.07, 6.45) is 0. The van der Waals surface area contributed by atoms with Gasteiger partial charge in [-0.15, -0.1) is 0 Å². The maximum absolute atomic E-state index is 11.8. The Morgan fingerprint density at radius 2 is 2.10 bits per heavy atom. The first kappa shape index (κ1) is 13.8. The van der Waals surface area contributed by atoms with Crippen LogP contribution in [0.3, 0.4) is 0 Å². The summed E-state index contributed by atoms with van der Waals surface area (Å²) in [5.74, 6) is -0.276. The number of nitro benzene ring substituents is 1. The maximum Gasteiger partial charge on any atom is 0.327 e. The van der Waals surface area contributed by atoms with E-state index < -0.39 is 4.92 Å². The minimum atomic E-state index is -0.491. The van der Waals surface area contributed by atoms with E-state index in [9.17, 15) is 19.7 Å². The van der Waals surface area contributed by atoms with Crippen molar-refractivity contribution in [1.29, 1.82) is 0 Å². The van der Waals surface area contributed by atoms with Gasteiger partial charge in [0.05, 0.1) is 11.5 Å². The number of likely N-dealkylation sites (N-methyl/N-ethyl adjacent to an activating group) is 1. The predicted molar refractivity (Wildman–Crippen MR) is 71.2 cm³/mol. The molecule has 106 valence electrons. The predicted octanol–water partition coefficient (Wildman–Crippen LogP) is 1.03. The molecule has 1 aromatic carbocycles. The molecule has 20 heavy (non-hydrogen) atoms. The minimum Gasteiger partial charge on any atom is -0.383 e. The van der Waals surface area contributed by atoms with E-state index >= 15 is 0 Å². The molecule has 1 heterocycles. The van der Waals surface area contributed by atoms with Crippen molar-refractivity contribution in [2.75, 3.05) is 26.0 Å². The zero-order valence-electron chi connectivity index (χ0n) is 11.1. The molecule has 8 heteroatoms. The highest BCUT2D eigenvalue weighted by Gasteiger charge is 2.33. The van der Waals surface area contributed by atoms with Gasteiger partial charge in [0.25, 0.3) is 11.6 Å². The third-order valence-corrected chi connectivity index (χ3v) is 3.10. The van der Waals surface area contributed by atoms with Gasteiger partial charge in [-0.25, -0.2) is 4.79 Å². The van der Waals surface area contributed by atoms with Crippen molar-refractivity contribution in [2.24, 2.45) is 0 Å². The minimum absolute atomic E-state index is 0.0487. The molecule has 0 aliphatic carbocycles. The van der Waals surface area contributed by atoms with Crippen LogP contribution in [0.4, 0.5) is 16.2 Å². The van der Waals surface area contributed by atoms with Gasteiger partial charge >= 0.3 is 6.03 Å². The standard InChI is InChI=1S/C12H14N4O4/c1-13-9-5-8(3-4-10(9)16(19)20)6-15-11(17)7-14(2)12(15)18/h3-5,13H,6-7H2,1-2H3. The number of nitrogens with zero attached hydrogens (tertiary/aromatic N) is 3. The Morgan fingerprint density at radius 3 is 2.60 bits per heavy atom. The van der Waals surface area contributed by atoms with Crippen molar-refractivity contribution in [3.8, 4) is 0 Å². The molecule has 1 aliphatic rings. The van der Waals surface area contributed by atoms with Gasteiger partial charge in [0, 0.05) is 20.2 Å². The number of imide groups is 1. The number of amides is 3. The highest BCUT2D eigenvalue weighted by atomic mass is 16.6. The van der Waals surface area contributed by atoms with Crippen molar-refractivity contribution >= 4 is 23.3 Å². The first-order valence-corrected chi connectivity index (χ1v) is 5.94. The fourth-order valence-electron chi connectivity index (χ4n) is 2.05. The van der Waals surface area contributed by atoms with Crippen LogP contribution >= 0.6 is 0 Å². The van der Waals surface area contributed by atoms with Crippen molar-refractivity contribution < 1.29 is 14.5 Å². The molecule has 2 rings (SSSR count). The van der Waals surface area contributed by atoms with E-state index in [-0.39, 0.29) is 30.7 Å². The fourth-order valence-corrected chi connectivity index (χ4v) is 2.05. The third-order valence-electron chi connectivity index (χ3n) is 3.10. The van der Waals surface area contributed by atoms with Gasteiger partial charge in [0.2, 0.25) is 0 Å². The molecule has 0 radical (unpaired) electrons. The zero-order valence-corrected chi connectivity index (χ0v) is 11.1. The summed E-state index contributed by atoms with van der Waals surface area (Å²) >= 11 is 0. The zero-order chi connectivity index (χ0) is 14.9. The van der Waals surface area contributed by atoms with Crippen LogP contribution in [0, 0.1) is 10.1 Å². The van der Waals surface area contributed by atoms with Gasteiger partial charge < -0.3 is 10.2 Å². The Morgan fingerprint density at radius 1 is 1.40 bits per heavy atom. The van der Waals surface area contributed by atoms with Crippen LogP contribution in [0.5, 0.6) is 0 Å². The van der Waals surface area contributed by atoms with E-state index in [0.717, 1.165) is 4.90 Å². The Labute approximate surface area is 115 Å². The number of hydrogen-bond acceptors (Lipinski definition) is 5. The number of carbonyl (C=O) groups is 2. The van der Waals surface area contributed by atoms with Crippen LogP contribution in [0.25, 0.3) is 0 Å². The molecule has 3 amide bonds. The van der Waals surface area contributed by atoms with Gasteiger partial charge in [0.1, 0.15) is 12.2 Å². The SMILES string of the molecule is CNc1cc(CN2C(=O)CN(C)C2=O)ccc1[N+](=O)[O-]. The summed E-state index contributed by atoms with van der Waals surface area (Å²) in [4.78, 5) is 36.2. The summed E-state index contributed by atoms with van der Waals surface area (Å²) in [5, 5.41) is 13.6. The Hall–Kier alpha value is -2.64. The van der Waals surface area contributed by atoms with E-state index in [1.54, 1.807) is 20.2 Å². The van der Waals surface area contributed by atoms with E-state index in [2.05, 4.69) is 5.32 Å². The van der Waals surface area contributed by atoms with Gasteiger partial charge in [0.15, 0.2) is 0 Å². The van der Waals surface area contributed by atoms with Gasteiger partial charge in [-0.3, -0.25) is 19.8 Å². The van der Waals surface area contributed by atoms with E-state index in [1.165, 1.54) is 17.0 Å². The number of urea groups is 1. The molecule has 0 bridgehead atoms. The van der Waals surface area contributed by atoms with Crippen LogP contribution in [0.15, 0.2) is 18.2 Å². The molecule has 1 N–H and O–H groups in total. The average molecular weight is 278 g/mol. The van der Waals surface area contributed by atoms with E-state index in [4.69, 9.17) is 0 Å². The molecule has 1 aliphatic heterocycles. The molecule has 1 aromatic rings. The second kappa shape index (κ2) is 5.16. The van der Waals surface area contributed by atoms with Gasteiger partial charge in [-0.1, -0.05) is 6.07 Å². The van der Waals surface area contributed by atoms with Crippen molar-refractivity contribution in [3.05, 3.63) is 33.9 Å². The van der Waals surface area contributed by atoms with Crippen molar-refractivity contribution in [2.45, 2.75) is 6.54 Å². The summed E-state index contributed by atoms with van der Waals surface area (Å²) in [6.45, 7) is 0.166. The van der Waals surface area contributed by atoms with E-state index in [1.807, 2.05) is 0 Å². The van der Waals surface area contributed by atoms with Crippen LogP contribution in [0.1, 0.15) is 5.56 Å². The lowest BCUT2D eigenvalue weighted by molar-refractivity contribution is -0.384. The van der Waals surface area contributed by atoms with Crippen molar-refractivity contribution in [1.82, 2.24) is 9.80 Å². The molecule has 8 nitrogen and oxygen atoms in total. The molecule has 1 saturated heterocycles. The number of carbonyl (C=O) groups excluding carboxylic acids is 2. The van der Waals surface area contributed by atoms with Gasteiger partial charge in [-0.05, 0) is 11.6 Å². The third kappa shape index (κ3) is 2.40. The number of benzene rings is 1. The molecular weight excluding hydrogens is 264 g/mol. The van der Waals surface area contributed by atoms with E-state index in [0.29, 0.717) is 11.3 Å². The molecule has 1 fully saturated rings. The summed E-state index contributed by atoms with van der Waals surface area (Å²) in [6, 6.07) is 4.10. The Bertz CT molecular complexity index is 587. The average Bonchev–Trinajstić information content (AvgIpc) is 2.65. The fraction of sp³-hybridized carbons (Fsp3) is 0.333. The summed E-state index contributed by atoms with van der Waals surface area (Å²) < 4.78 is 0. The van der Waals surface area contributed by atoms with Crippen LogP contribution in [-0.4, -0.2) is 47.3 Å². The molecule has 0 saturated carbocycles. The lowest BCUT2D eigenvalue weighted by Crippen LogP contribution is -2.31. The first-order chi connectivity index (χ1) is 9.43. The summed E-state index contributed by atoms with van der Waals surface area (Å²) in [7, 11) is 3.13. The Kier molecular flexibility index (Phi) is 3.55. The number of anilines is 1. The smallest absolute Gasteiger partial charge is 0.327 e. The normalized spacial score (nSPS) is 14.9. The first-order valence-electron chi connectivity index (χ1n) is 5.94. The van der Waals surface area contributed by atoms with Gasteiger partial charge in [-0.2, -0.15) is 0 Å². The second-order valence-corrected chi connectivity index (χ2v) is 4.48. The molecule has 0 spiro atoms. The Balaban J connectivity index is 2.24. The number of rotatable bonds is 4. The topological polar surface area (TPSA) is 95.8 Å². The number of hydrogen-bond donors (Lipinski definition) is 1. The molecular formula is C12H14N4O4. The largest absolute Gasteiger partial charge is 0.383 e. The maximum atomic E-state index is 11.8. The lowest BCUT2D eigenvalue weighted by atomic mass is 10.1.